The lowest BCUT2D eigenvalue weighted by atomic mass is 10.1. The number of hydrogen-bond acceptors (Lipinski definition) is 6. The molecule has 0 bridgehead atoms. The van der Waals surface area contributed by atoms with E-state index in [9.17, 15) is 26.4 Å². The Kier molecular flexibility index (Phi) is 6.88. The van der Waals surface area contributed by atoms with Gasteiger partial charge in [0, 0.05) is 0 Å². The zero-order chi connectivity index (χ0) is 20.2. The van der Waals surface area contributed by atoms with Gasteiger partial charge in [-0.15, -0.1) is 13.2 Å². The van der Waals surface area contributed by atoms with Crippen molar-refractivity contribution in [2.75, 3.05) is 12.4 Å². The molecule has 1 rings (SSSR count). The van der Waals surface area contributed by atoms with E-state index in [-0.39, 0.29) is 11.3 Å². The topological polar surface area (TPSA) is 99.1 Å². The van der Waals surface area contributed by atoms with Crippen LogP contribution in [-0.4, -0.2) is 43.3 Å². The molecule has 0 aliphatic heterocycles. The van der Waals surface area contributed by atoms with Gasteiger partial charge in [0.25, 0.3) is 10.1 Å². The number of rotatable bonds is 8. The minimum atomic E-state index is -4.95. The van der Waals surface area contributed by atoms with Crippen molar-refractivity contribution < 1.29 is 45.1 Å². The van der Waals surface area contributed by atoms with Gasteiger partial charge >= 0.3 is 12.3 Å². The highest BCUT2D eigenvalue weighted by molar-refractivity contribution is 7.85. The first kappa shape index (κ1) is 22.0. The third kappa shape index (κ3) is 7.91. The summed E-state index contributed by atoms with van der Waals surface area (Å²) in [6, 6.07) is 2.92. The van der Waals surface area contributed by atoms with Gasteiger partial charge in [0.15, 0.2) is 11.5 Å². The van der Waals surface area contributed by atoms with Crippen molar-refractivity contribution in [3.05, 3.63) is 23.8 Å². The second-order valence-electron chi connectivity index (χ2n) is 5.85. The molecule has 0 radical (unpaired) electrons. The van der Waals surface area contributed by atoms with Gasteiger partial charge in [0.1, 0.15) is 18.0 Å². The average molecular weight is 400 g/mol. The molecule has 1 aromatic carbocycles. The molecule has 0 aliphatic carbocycles. The third-order valence-electron chi connectivity index (χ3n) is 3.22. The molecule has 0 saturated carbocycles. The van der Waals surface area contributed by atoms with Crippen LogP contribution >= 0.6 is 0 Å². The van der Waals surface area contributed by atoms with E-state index < -0.39 is 46.2 Å². The summed E-state index contributed by atoms with van der Waals surface area (Å²) in [6.07, 6.45) is -4.49. The Bertz CT molecular complexity index is 742. The Hall–Kier alpha value is -2.01. The molecule has 26 heavy (non-hydrogen) atoms. The maximum Gasteiger partial charge on any atom is 0.573 e. The fourth-order valence-electron chi connectivity index (χ4n) is 1.62. The van der Waals surface area contributed by atoms with Gasteiger partial charge in [0.2, 0.25) is 0 Å². The van der Waals surface area contributed by atoms with Crippen LogP contribution in [0.3, 0.4) is 0 Å². The maximum absolute atomic E-state index is 12.5. The predicted molar refractivity (Wildman–Crippen MR) is 84.8 cm³/mol. The quantitative estimate of drug-likeness (QED) is 0.528. The molecule has 11 heteroatoms. The molecule has 0 unspecified atom stereocenters. The summed E-state index contributed by atoms with van der Waals surface area (Å²) in [7, 11) is -4.31. The van der Waals surface area contributed by atoms with Gasteiger partial charge in [-0.2, -0.15) is 8.42 Å². The molecule has 0 heterocycles. The Labute approximate surface area is 148 Å². The molecule has 0 aromatic heterocycles. The second kappa shape index (κ2) is 8.12. The number of carbonyl (C=O) groups is 1. The van der Waals surface area contributed by atoms with Crippen LogP contribution in [0.1, 0.15) is 37.6 Å². The van der Waals surface area contributed by atoms with Gasteiger partial charge in [-0.05, 0) is 38.5 Å². The smallest absolute Gasteiger partial charge is 0.484 e. The summed E-state index contributed by atoms with van der Waals surface area (Å²) in [5, 5.41) is 0. The molecular formula is C15H19F3O7S. The largest absolute Gasteiger partial charge is 0.573 e. The first-order chi connectivity index (χ1) is 11.7. The summed E-state index contributed by atoms with van der Waals surface area (Å²) in [6.45, 7) is 4.43. The molecule has 1 N–H and O–H groups in total. The Morgan fingerprint density at radius 1 is 1.15 bits per heavy atom. The highest BCUT2D eigenvalue weighted by atomic mass is 32.2. The fourth-order valence-corrected chi connectivity index (χ4v) is 1.91. The molecule has 0 fully saturated rings. The van der Waals surface area contributed by atoms with Crippen molar-refractivity contribution in [2.45, 2.75) is 39.2 Å². The van der Waals surface area contributed by atoms with Gasteiger partial charge in [0.05, 0.1) is 5.56 Å². The molecule has 148 valence electrons. The standard InChI is InChI=1S/C15H19F3O7S/c1-4-14(2,3)24-12-9-10(5-6-11(12)25-15(16,17)18)13(19)23-7-8-26(20,21)22/h5-6,9H,4,7-8H2,1-3H3,(H,20,21,22). The number of alkyl halides is 3. The monoisotopic (exact) mass is 400 g/mol. The van der Waals surface area contributed by atoms with E-state index in [1.807, 2.05) is 0 Å². The van der Waals surface area contributed by atoms with Crippen molar-refractivity contribution in [3.63, 3.8) is 0 Å². The lowest BCUT2D eigenvalue weighted by Gasteiger charge is -2.26. The predicted octanol–water partition coefficient (Wildman–Crippen LogP) is 3.20. The number of hydrogen-bond donors (Lipinski definition) is 1. The van der Waals surface area contributed by atoms with Crippen LogP contribution in [0, 0.1) is 0 Å². The van der Waals surface area contributed by atoms with Crippen molar-refractivity contribution in [1.29, 1.82) is 0 Å². The molecule has 0 amide bonds. The molecular weight excluding hydrogens is 381 g/mol. The van der Waals surface area contributed by atoms with E-state index in [1.54, 1.807) is 20.8 Å². The van der Waals surface area contributed by atoms with Gasteiger partial charge < -0.3 is 14.2 Å². The summed E-state index contributed by atoms with van der Waals surface area (Å²) >= 11 is 0. The van der Waals surface area contributed by atoms with E-state index >= 15 is 0 Å². The first-order valence-corrected chi connectivity index (χ1v) is 9.04. The van der Waals surface area contributed by atoms with Gasteiger partial charge in [-0.25, -0.2) is 4.79 Å². The average Bonchev–Trinajstić information content (AvgIpc) is 2.46. The lowest BCUT2D eigenvalue weighted by Crippen LogP contribution is -2.28. The van der Waals surface area contributed by atoms with Crippen molar-refractivity contribution >= 4 is 16.1 Å². The van der Waals surface area contributed by atoms with Crippen LogP contribution in [0.25, 0.3) is 0 Å². The van der Waals surface area contributed by atoms with E-state index in [0.717, 1.165) is 18.2 Å². The SMILES string of the molecule is CCC(C)(C)Oc1cc(C(=O)OCCS(=O)(=O)O)ccc1OC(F)(F)F. The summed E-state index contributed by atoms with van der Waals surface area (Å²) in [5.74, 6) is -2.75. The highest BCUT2D eigenvalue weighted by Gasteiger charge is 2.33. The minimum Gasteiger partial charge on any atom is -0.484 e. The maximum atomic E-state index is 12.5. The Morgan fingerprint density at radius 2 is 1.77 bits per heavy atom. The van der Waals surface area contributed by atoms with E-state index in [0.29, 0.717) is 6.42 Å². The van der Waals surface area contributed by atoms with E-state index in [1.165, 1.54) is 0 Å². The zero-order valence-electron chi connectivity index (χ0n) is 14.3. The summed E-state index contributed by atoms with van der Waals surface area (Å²) in [5.41, 5.74) is -1.01. The lowest BCUT2D eigenvalue weighted by molar-refractivity contribution is -0.275. The van der Waals surface area contributed by atoms with Crippen LogP contribution < -0.4 is 9.47 Å². The molecule has 1 aromatic rings. The van der Waals surface area contributed by atoms with Crippen LogP contribution in [0.4, 0.5) is 13.2 Å². The molecule has 0 atom stereocenters. The van der Waals surface area contributed by atoms with Crippen LogP contribution in [0.2, 0.25) is 0 Å². The summed E-state index contributed by atoms with van der Waals surface area (Å²) in [4.78, 5) is 11.9. The van der Waals surface area contributed by atoms with Gasteiger partial charge in [-0.3, -0.25) is 4.55 Å². The second-order valence-corrected chi connectivity index (χ2v) is 7.42. The molecule has 0 spiro atoms. The van der Waals surface area contributed by atoms with Crippen LogP contribution in [0.15, 0.2) is 18.2 Å². The first-order valence-electron chi connectivity index (χ1n) is 7.43. The number of ether oxygens (including phenoxy) is 3. The zero-order valence-corrected chi connectivity index (χ0v) is 15.1. The molecule has 0 saturated heterocycles. The molecule has 0 aliphatic rings. The van der Waals surface area contributed by atoms with Crippen molar-refractivity contribution in [1.82, 2.24) is 0 Å². The Balaban J connectivity index is 3.06. The minimum absolute atomic E-state index is 0.170. The number of carbonyl (C=O) groups excluding carboxylic acids is 1. The summed E-state index contributed by atoms with van der Waals surface area (Å²) < 4.78 is 81.4. The number of esters is 1. The molecule has 7 nitrogen and oxygen atoms in total. The third-order valence-corrected chi connectivity index (χ3v) is 3.90. The van der Waals surface area contributed by atoms with E-state index in [4.69, 9.17) is 9.29 Å². The van der Waals surface area contributed by atoms with E-state index in [2.05, 4.69) is 9.47 Å². The van der Waals surface area contributed by atoms with Crippen LogP contribution in [-0.2, 0) is 14.9 Å². The Morgan fingerprint density at radius 3 is 2.27 bits per heavy atom. The number of benzene rings is 1. The van der Waals surface area contributed by atoms with Gasteiger partial charge in [-0.1, -0.05) is 6.92 Å². The van der Waals surface area contributed by atoms with Crippen LogP contribution in [0.5, 0.6) is 11.5 Å². The highest BCUT2D eigenvalue weighted by Crippen LogP contribution is 2.36. The normalized spacial score (nSPS) is 12.6. The van der Waals surface area contributed by atoms with Crippen molar-refractivity contribution in [3.8, 4) is 11.5 Å². The fraction of sp³-hybridized carbons (Fsp3) is 0.533. The number of halogens is 3. The van der Waals surface area contributed by atoms with Crippen molar-refractivity contribution in [2.24, 2.45) is 0 Å².